The standard InChI is InChI=1S/C8H13F3O/c1-6(2)4-5-7(3,12)8(9,10)11/h12H,1,4-5H2,2-3H3. The van der Waals surface area contributed by atoms with E-state index < -0.39 is 11.8 Å². The minimum absolute atomic E-state index is 0.187. The largest absolute Gasteiger partial charge is 0.416 e. The van der Waals surface area contributed by atoms with E-state index in [0.717, 1.165) is 6.92 Å². The number of hydrogen-bond donors (Lipinski definition) is 1. The van der Waals surface area contributed by atoms with Crippen molar-refractivity contribution >= 4 is 0 Å². The predicted octanol–water partition coefficient (Wildman–Crippen LogP) is 2.66. The van der Waals surface area contributed by atoms with Gasteiger partial charge >= 0.3 is 6.18 Å². The molecule has 0 aromatic heterocycles. The Morgan fingerprint density at radius 3 is 2.08 bits per heavy atom. The highest BCUT2D eigenvalue weighted by molar-refractivity contribution is 4.92. The fourth-order valence-electron chi connectivity index (χ4n) is 0.599. The van der Waals surface area contributed by atoms with E-state index in [1.54, 1.807) is 6.92 Å². The average Bonchev–Trinajstić information content (AvgIpc) is 1.81. The number of allylic oxidation sites excluding steroid dienone is 1. The van der Waals surface area contributed by atoms with Gasteiger partial charge in [0.15, 0.2) is 5.60 Å². The Bertz CT molecular complexity index is 170. The lowest BCUT2D eigenvalue weighted by Crippen LogP contribution is -2.41. The second kappa shape index (κ2) is 3.47. The van der Waals surface area contributed by atoms with Gasteiger partial charge in [0, 0.05) is 0 Å². The quantitative estimate of drug-likeness (QED) is 0.665. The van der Waals surface area contributed by atoms with Gasteiger partial charge in [0.2, 0.25) is 0 Å². The van der Waals surface area contributed by atoms with Crippen LogP contribution in [0.15, 0.2) is 12.2 Å². The Morgan fingerprint density at radius 1 is 1.42 bits per heavy atom. The lowest BCUT2D eigenvalue weighted by atomic mass is 9.97. The molecule has 0 aromatic rings. The molecule has 0 fully saturated rings. The minimum atomic E-state index is -4.55. The van der Waals surface area contributed by atoms with Crippen LogP contribution in [0.5, 0.6) is 0 Å². The third kappa shape index (κ3) is 3.26. The van der Waals surface area contributed by atoms with Gasteiger partial charge in [0.1, 0.15) is 0 Å². The second-order valence-corrected chi connectivity index (χ2v) is 3.23. The van der Waals surface area contributed by atoms with Crippen molar-refractivity contribution in [3.63, 3.8) is 0 Å². The van der Waals surface area contributed by atoms with Crippen LogP contribution < -0.4 is 0 Å². The van der Waals surface area contributed by atoms with Gasteiger partial charge in [-0.25, -0.2) is 0 Å². The number of alkyl halides is 3. The summed E-state index contributed by atoms with van der Waals surface area (Å²) in [6, 6.07) is 0. The van der Waals surface area contributed by atoms with Crippen LogP contribution in [-0.2, 0) is 0 Å². The molecule has 0 saturated heterocycles. The molecule has 1 unspecified atom stereocenters. The Balaban J connectivity index is 4.14. The van der Waals surface area contributed by atoms with E-state index in [0.29, 0.717) is 5.57 Å². The lowest BCUT2D eigenvalue weighted by Gasteiger charge is -2.26. The van der Waals surface area contributed by atoms with Gasteiger partial charge in [-0.3, -0.25) is 0 Å². The molecule has 0 heterocycles. The van der Waals surface area contributed by atoms with Gasteiger partial charge in [-0.05, 0) is 26.7 Å². The lowest BCUT2D eigenvalue weighted by molar-refractivity contribution is -0.254. The molecule has 0 saturated carbocycles. The van der Waals surface area contributed by atoms with E-state index in [1.165, 1.54) is 0 Å². The van der Waals surface area contributed by atoms with Crippen molar-refractivity contribution < 1.29 is 18.3 Å². The minimum Gasteiger partial charge on any atom is -0.381 e. The zero-order chi connectivity index (χ0) is 9.99. The molecule has 1 atom stereocenters. The molecule has 0 radical (unpaired) electrons. The maximum absolute atomic E-state index is 12.0. The van der Waals surface area contributed by atoms with Crippen molar-refractivity contribution in [2.24, 2.45) is 0 Å². The van der Waals surface area contributed by atoms with E-state index in [1.807, 2.05) is 0 Å². The van der Waals surface area contributed by atoms with Gasteiger partial charge < -0.3 is 5.11 Å². The molecule has 0 rings (SSSR count). The summed E-state index contributed by atoms with van der Waals surface area (Å²) in [6.45, 7) is 5.87. The summed E-state index contributed by atoms with van der Waals surface area (Å²) in [7, 11) is 0. The average molecular weight is 182 g/mol. The summed E-state index contributed by atoms with van der Waals surface area (Å²) >= 11 is 0. The van der Waals surface area contributed by atoms with Crippen molar-refractivity contribution in [1.82, 2.24) is 0 Å². The molecule has 1 nitrogen and oxygen atoms in total. The number of hydrogen-bond acceptors (Lipinski definition) is 1. The van der Waals surface area contributed by atoms with Gasteiger partial charge in [0.25, 0.3) is 0 Å². The smallest absolute Gasteiger partial charge is 0.381 e. The van der Waals surface area contributed by atoms with Crippen LogP contribution in [0.1, 0.15) is 26.7 Å². The van der Waals surface area contributed by atoms with E-state index in [-0.39, 0.29) is 12.8 Å². The summed E-state index contributed by atoms with van der Waals surface area (Å²) in [5.41, 5.74) is -1.95. The molecule has 0 aliphatic rings. The normalized spacial score (nSPS) is 17.2. The first-order valence-corrected chi connectivity index (χ1v) is 3.60. The fraction of sp³-hybridized carbons (Fsp3) is 0.750. The fourth-order valence-corrected chi connectivity index (χ4v) is 0.599. The van der Waals surface area contributed by atoms with E-state index in [4.69, 9.17) is 5.11 Å². The van der Waals surface area contributed by atoms with Crippen molar-refractivity contribution in [3.8, 4) is 0 Å². The molecule has 72 valence electrons. The molecule has 0 amide bonds. The van der Waals surface area contributed by atoms with E-state index in [2.05, 4.69) is 6.58 Å². The first-order chi connectivity index (χ1) is 5.17. The first-order valence-electron chi connectivity index (χ1n) is 3.60. The van der Waals surface area contributed by atoms with Crippen molar-refractivity contribution in [3.05, 3.63) is 12.2 Å². The van der Waals surface area contributed by atoms with Crippen LogP contribution in [-0.4, -0.2) is 16.9 Å². The summed E-state index contributed by atoms with van der Waals surface area (Å²) in [5.74, 6) is 0. The number of rotatable bonds is 3. The zero-order valence-corrected chi connectivity index (χ0v) is 7.20. The van der Waals surface area contributed by atoms with Gasteiger partial charge in [-0.2, -0.15) is 13.2 Å². The van der Waals surface area contributed by atoms with E-state index >= 15 is 0 Å². The first kappa shape index (κ1) is 11.5. The van der Waals surface area contributed by atoms with Gasteiger partial charge in [-0.1, -0.05) is 5.57 Å². The summed E-state index contributed by atoms with van der Waals surface area (Å²) in [4.78, 5) is 0. The molecular weight excluding hydrogens is 169 g/mol. The monoisotopic (exact) mass is 182 g/mol. The highest BCUT2D eigenvalue weighted by atomic mass is 19.4. The number of aliphatic hydroxyl groups is 1. The second-order valence-electron chi connectivity index (χ2n) is 3.23. The topological polar surface area (TPSA) is 20.2 Å². The Kier molecular flexibility index (Phi) is 3.33. The van der Waals surface area contributed by atoms with Crippen molar-refractivity contribution in [1.29, 1.82) is 0 Å². The van der Waals surface area contributed by atoms with Crippen molar-refractivity contribution in [2.45, 2.75) is 38.5 Å². The van der Waals surface area contributed by atoms with Crippen LogP contribution in [0.25, 0.3) is 0 Å². The molecule has 1 N–H and O–H groups in total. The Labute approximate surface area is 69.9 Å². The molecule has 0 aromatic carbocycles. The molecule has 0 aliphatic carbocycles. The Hall–Kier alpha value is -0.510. The highest BCUT2D eigenvalue weighted by Crippen LogP contribution is 2.34. The molecule has 0 spiro atoms. The third-order valence-electron chi connectivity index (χ3n) is 1.65. The molecule has 4 heteroatoms. The van der Waals surface area contributed by atoms with Crippen LogP contribution >= 0.6 is 0 Å². The van der Waals surface area contributed by atoms with Gasteiger partial charge in [-0.15, -0.1) is 6.58 Å². The van der Waals surface area contributed by atoms with E-state index in [9.17, 15) is 13.2 Å². The maximum atomic E-state index is 12.0. The molecular formula is C8H13F3O. The maximum Gasteiger partial charge on any atom is 0.416 e. The summed E-state index contributed by atoms with van der Waals surface area (Å²) in [5, 5.41) is 8.93. The number of halogens is 3. The highest BCUT2D eigenvalue weighted by Gasteiger charge is 2.49. The molecule has 0 aliphatic heterocycles. The van der Waals surface area contributed by atoms with Crippen LogP contribution in [0.3, 0.4) is 0 Å². The molecule has 0 bridgehead atoms. The van der Waals surface area contributed by atoms with Crippen LogP contribution in [0, 0.1) is 0 Å². The van der Waals surface area contributed by atoms with Crippen LogP contribution in [0.4, 0.5) is 13.2 Å². The SMILES string of the molecule is C=C(C)CCC(C)(O)C(F)(F)F. The van der Waals surface area contributed by atoms with Crippen LogP contribution in [0.2, 0.25) is 0 Å². The molecule has 12 heavy (non-hydrogen) atoms. The zero-order valence-electron chi connectivity index (χ0n) is 7.20. The Morgan fingerprint density at radius 2 is 1.83 bits per heavy atom. The van der Waals surface area contributed by atoms with Crippen molar-refractivity contribution in [2.75, 3.05) is 0 Å². The van der Waals surface area contributed by atoms with Gasteiger partial charge in [0.05, 0.1) is 0 Å². The predicted molar refractivity (Wildman–Crippen MR) is 40.7 cm³/mol. The third-order valence-corrected chi connectivity index (χ3v) is 1.65. The summed E-state index contributed by atoms with van der Waals surface area (Å²) in [6.07, 6.45) is -4.69. The summed E-state index contributed by atoms with van der Waals surface area (Å²) < 4.78 is 36.0.